The van der Waals surface area contributed by atoms with Gasteiger partial charge < -0.3 is 10.5 Å². The van der Waals surface area contributed by atoms with Crippen LogP contribution < -0.4 is 5.73 Å². The maximum atomic E-state index is 6.54. The van der Waals surface area contributed by atoms with E-state index in [-0.39, 0.29) is 11.6 Å². The standard InChI is InChI=1S/C16H29N3O/c1-4-19-12-14(11-18-19)10-15(17)16(20-5-2)8-6-13(3)7-9-16/h11-13,15H,4-10,17H2,1-3H3. The van der Waals surface area contributed by atoms with Crippen LogP contribution in [0.15, 0.2) is 12.4 Å². The molecule has 1 aliphatic rings. The molecule has 4 nitrogen and oxygen atoms in total. The Morgan fingerprint density at radius 2 is 2.15 bits per heavy atom. The minimum atomic E-state index is -0.129. The Morgan fingerprint density at radius 1 is 1.45 bits per heavy atom. The van der Waals surface area contributed by atoms with Crippen LogP contribution in [0.2, 0.25) is 0 Å². The van der Waals surface area contributed by atoms with Gasteiger partial charge >= 0.3 is 0 Å². The van der Waals surface area contributed by atoms with Gasteiger partial charge in [0.15, 0.2) is 0 Å². The van der Waals surface area contributed by atoms with Crippen molar-refractivity contribution in [1.29, 1.82) is 0 Å². The summed E-state index contributed by atoms with van der Waals surface area (Å²) in [4.78, 5) is 0. The molecule has 0 saturated heterocycles. The fraction of sp³-hybridized carbons (Fsp3) is 0.812. The van der Waals surface area contributed by atoms with Crippen molar-refractivity contribution in [3.05, 3.63) is 18.0 Å². The van der Waals surface area contributed by atoms with E-state index in [1.54, 1.807) is 0 Å². The maximum Gasteiger partial charge on any atom is 0.0835 e. The van der Waals surface area contributed by atoms with Crippen molar-refractivity contribution in [3.63, 3.8) is 0 Å². The molecule has 1 fully saturated rings. The number of nitrogens with zero attached hydrogens (tertiary/aromatic N) is 2. The zero-order valence-corrected chi connectivity index (χ0v) is 13.1. The molecule has 4 heteroatoms. The first-order chi connectivity index (χ1) is 9.59. The third-order valence-electron chi connectivity index (χ3n) is 4.69. The van der Waals surface area contributed by atoms with Crippen molar-refractivity contribution >= 4 is 0 Å². The molecule has 0 amide bonds. The van der Waals surface area contributed by atoms with Crippen molar-refractivity contribution in [1.82, 2.24) is 9.78 Å². The van der Waals surface area contributed by atoms with Crippen LogP contribution in [0.4, 0.5) is 0 Å². The van der Waals surface area contributed by atoms with Gasteiger partial charge in [0, 0.05) is 25.4 Å². The van der Waals surface area contributed by atoms with Gasteiger partial charge in [0.1, 0.15) is 0 Å². The lowest BCUT2D eigenvalue weighted by atomic mass is 9.74. The summed E-state index contributed by atoms with van der Waals surface area (Å²) in [5.41, 5.74) is 7.63. The second-order valence-electron chi connectivity index (χ2n) is 6.20. The van der Waals surface area contributed by atoms with Crippen LogP contribution in [-0.2, 0) is 17.7 Å². The van der Waals surface area contributed by atoms with Gasteiger partial charge in [0.25, 0.3) is 0 Å². The minimum absolute atomic E-state index is 0.0597. The molecule has 1 aromatic heterocycles. The van der Waals surface area contributed by atoms with Crippen LogP contribution in [0.5, 0.6) is 0 Å². The summed E-state index contributed by atoms with van der Waals surface area (Å²) >= 11 is 0. The number of aryl methyl sites for hydroxylation is 1. The van der Waals surface area contributed by atoms with Crippen molar-refractivity contribution in [2.75, 3.05) is 6.61 Å². The average molecular weight is 279 g/mol. The second-order valence-corrected chi connectivity index (χ2v) is 6.20. The minimum Gasteiger partial charge on any atom is -0.374 e. The molecule has 114 valence electrons. The van der Waals surface area contributed by atoms with Crippen molar-refractivity contribution in [2.45, 2.75) is 71.1 Å². The Balaban J connectivity index is 2.04. The van der Waals surface area contributed by atoms with Gasteiger partial charge in [-0.2, -0.15) is 5.10 Å². The molecule has 2 N–H and O–H groups in total. The van der Waals surface area contributed by atoms with Crippen LogP contribution in [0, 0.1) is 5.92 Å². The van der Waals surface area contributed by atoms with Crippen molar-refractivity contribution in [3.8, 4) is 0 Å². The van der Waals surface area contributed by atoms with E-state index in [4.69, 9.17) is 10.5 Å². The summed E-state index contributed by atoms with van der Waals surface area (Å²) < 4.78 is 8.09. The van der Waals surface area contributed by atoms with E-state index in [2.05, 4.69) is 32.1 Å². The molecule has 0 aromatic carbocycles. The monoisotopic (exact) mass is 279 g/mol. The lowest BCUT2D eigenvalue weighted by Crippen LogP contribution is -2.53. The van der Waals surface area contributed by atoms with Crippen LogP contribution in [0.1, 0.15) is 52.0 Å². The third kappa shape index (κ3) is 3.41. The van der Waals surface area contributed by atoms with Gasteiger partial charge in [-0.25, -0.2) is 0 Å². The number of hydrogen-bond donors (Lipinski definition) is 1. The predicted molar refractivity (Wildman–Crippen MR) is 81.6 cm³/mol. The summed E-state index contributed by atoms with van der Waals surface area (Å²) in [6.07, 6.45) is 9.52. The molecule has 1 atom stereocenters. The Hall–Kier alpha value is -0.870. The normalized spacial score (nSPS) is 28.5. The molecule has 0 radical (unpaired) electrons. The van der Waals surface area contributed by atoms with Gasteiger partial charge in [0.2, 0.25) is 0 Å². The Morgan fingerprint density at radius 3 is 2.70 bits per heavy atom. The molecule has 0 aliphatic heterocycles. The molecule has 0 bridgehead atoms. The SMILES string of the molecule is CCOC1(C(N)Cc2cnn(CC)c2)CCC(C)CC1. The zero-order chi connectivity index (χ0) is 14.6. The Labute approximate surface area is 122 Å². The first kappa shape index (κ1) is 15.5. The highest BCUT2D eigenvalue weighted by Crippen LogP contribution is 2.37. The molecule has 1 saturated carbocycles. The molecule has 1 unspecified atom stereocenters. The molecular weight excluding hydrogens is 250 g/mol. The highest BCUT2D eigenvalue weighted by atomic mass is 16.5. The van der Waals surface area contributed by atoms with Gasteiger partial charge in [-0.05, 0) is 57.4 Å². The van der Waals surface area contributed by atoms with Gasteiger partial charge in [-0.1, -0.05) is 6.92 Å². The molecule has 0 spiro atoms. The van der Waals surface area contributed by atoms with Crippen LogP contribution >= 0.6 is 0 Å². The summed E-state index contributed by atoms with van der Waals surface area (Å²) in [7, 11) is 0. The van der Waals surface area contributed by atoms with Crippen molar-refractivity contribution < 1.29 is 4.74 Å². The summed E-state index contributed by atoms with van der Waals surface area (Å²) in [5.74, 6) is 0.804. The fourth-order valence-electron chi connectivity index (χ4n) is 3.29. The molecule has 1 aromatic rings. The van der Waals surface area contributed by atoms with Crippen LogP contribution in [-0.4, -0.2) is 28.0 Å². The number of nitrogens with two attached hydrogens (primary N) is 1. The third-order valence-corrected chi connectivity index (χ3v) is 4.69. The number of aromatic nitrogens is 2. The highest BCUT2D eigenvalue weighted by molar-refractivity contribution is 5.09. The van der Waals surface area contributed by atoms with Crippen molar-refractivity contribution in [2.24, 2.45) is 11.7 Å². The smallest absolute Gasteiger partial charge is 0.0835 e. The Bertz CT molecular complexity index is 408. The Kier molecular flexibility index (Phi) is 5.22. The first-order valence-corrected chi connectivity index (χ1v) is 8.00. The first-order valence-electron chi connectivity index (χ1n) is 8.00. The fourth-order valence-corrected chi connectivity index (χ4v) is 3.29. The lowest BCUT2D eigenvalue weighted by Gasteiger charge is -2.43. The molecule has 2 rings (SSSR count). The van der Waals surface area contributed by atoms with E-state index >= 15 is 0 Å². The van der Waals surface area contributed by atoms with E-state index < -0.39 is 0 Å². The largest absolute Gasteiger partial charge is 0.374 e. The van der Waals surface area contributed by atoms with Gasteiger partial charge in [-0.3, -0.25) is 4.68 Å². The van der Waals surface area contributed by atoms with Gasteiger partial charge in [-0.15, -0.1) is 0 Å². The highest BCUT2D eigenvalue weighted by Gasteiger charge is 2.40. The van der Waals surface area contributed by atoms with E-state index in [0.29, 0.717) is 0 Å². The number of hydrogen-bond acceptors (Lipinski definition) is 3. The molecular formula is C16H29N3O. The second kappa shape index (κ2) is 6.72. The van der Waals surface area contributed by atoms with Crippen LogP contribution in [0.3, 0.4) is 0 Å². The average Bonchev–Trinajstić information content (AvgIpc) is 2.89. The van der Waals surface area contributed by atoms with E-state index in [1.807, 2.05) is 10.9 Å². The van der Waals surface area contributed by atoms with Gasteiger partial charge in [0.05, 0.1) is 11.8 Å². The summed E-state index contributed by atoms with van der Waals surface area (Å²) in [6.45, 7) is 8.15. The number of ether oxygens (including phenoxy) is 1. The number of rotatable bonds is 6. The molecule has 1 aliphatic carbocycles. The van der Waals surface area contributed by atoms with E-state index in [1.165, 1.54) is 18.4 Å². The lowest BCUT2D eigenvalue weighted by molar-refractivity contribution is -0.0883. The predicted octanol–water partition coefficient (Wildman–Crippen LogP) is 2.76. The van der Waals surface area contributed by atoms with E-state index in [9.17, 15) is 0 Å². The van der Waals surface area contributed by atoms with Crippen LogP contribution in [0.25, 0.3) is 0 Å². The summed E-state index contributed by atoms with van der Waals surface area (Å²) in [6, 6.07) is 0.0597. The summed E-state index contributed by atoms with van der Waals surface area (Å²) in [5, 5.41) is 4.33. The molecule has 20 heavy (non-hydrogen) atoms. The topological polar surface area (TPSA) is 53.1 Å². The quantitative estimate of drug-likeness (QED) is 0.871. The van der Waals surface area contributed by atoms with E-state index in [0.717, 1.165) is 38.3 Å². The zero-order valence-electron chi connectivity index (χ0n) is 13.1. The maximum absolute atomic E-state index is 6.54. The molecule has 1 heterocycles.